The van der Waals surface area contributed by atoms with Crippen LogP contribution in [0.2, 0.25) is 0 Å². The average Bonchev–Trinajstić information content (AvgIpc) is 2.13. The Balaban J connectivity index is 0.000000810. The van der Waals surface area contributed by atoms with Gasteiger partial charge in [0.1, 0.15) is 0 Å². The molecule has 1 unspecified atom stereocenters. The van der Waals surface area contributed by atoms with Crippen molar-refractivity contribution in [2.24, 2.45) is 5.92 Å². The molecule has 4 nitrogen and oxygen atoms in total. The summed E-state index contributed by atoms with van der Waals surface area (Å²) in [6.07, 6.45) is 0.362. The Labute approximate surface area is 80.3 Å². The predicted octanol–water partition coefficient (Wildman–Crippen LogP) is -5.12. The van der Waals surface area contributed by atoms with Crippen molar-refractivity contribution < 1.29 is 44.3 Å². The second-order valence-electron chi connectivity index (χ2n) is 1.95. The Bertz CT molecular complexity index is 159. The molecule has 1 aliphatic heterocycles. The van der Waals surface area contributed by atoms with Gasteiger partial charge in [0.25, 0.3) is 0 Å². The molecule has 0 aliphatic carbocycles. The largest absolute Gasteiger partial charge is 1.00 e. The van der Waals surface area contributed by atoms with E-state index in [0.29, 0.717) is 13.0 Å². The molecule has 1 amide bonds. The van der Waals surface area contributed by atoms with Gasteiger partial charge in [-0.05, 0) is 6.42 Å². The van der Waals surface area contributed by atoms with E-state index in [1.807, 2.05) is 0 Å². The molecule has 10 heavy (non-hydrogen) atoms. The topological polar surface area (TPSA) is 69.2 Å². The van der Waals surface area contributed by atoms with E-state index in [0.717, 1.165) is 0 Å². The van der Waals surface area contributed by atoms with Crippen LogP contribution >= 0.6 is 0 Å². The number of nitrogens with one attached hydrogen (secondary N) is 1. The first-order valence-electron chi connectivity index (χ1n) is 2.70. The number of aliphatic carboxylic acids is 1. The van der Waals surface area contributed by atoms with Gasteiger partial charge in [0.05, 0.1) is 11.9 Å². The third-order valence-corrected chi connectivity index (χ3v) is 1.33. The molecule has 1 aliphatic rings. The fourth-order valence-corrected chi connectivity index (χ4v) is 0.819. The van der Waals surface area contributed by atoms with E-state index in [1.54, 1.807) is 0 Å². The molecule has 1 fully saturated rings. The van der Waals surface area contributed by atoms with E-state index in [4.69, 9.17) is 0 Å². The molecule has 0 radical (unpaired) electrons. The first kappa shape index (κ1) is 9.94. The molecule has 1 heterocycles. The number of hydrogen-bond acceptors (Lipinski definition) is 3. The molecule has 0 bridgehead atoms. The zero-order chi connectivity index (χ0) is 6.85. The zero-order valence-electron chi connectivity index (χ0n) is 5.72. The van der Waals surface area contributed by atoms with Crippen LogP contribution in [0.3, 0.4) is 0 Å². The zero-order valence-corrected chi connectivity index (χ0v) is 7.72. The smallest absolute Gasteiger partial charge is 0.549 e. The minimum atomic E-state index is -1.27. The van der Waals surface area contributed by atoms with Gasteiger partial charge in [-0.15, -0.1) is 0 Å². The number of rotatable bonds is 1. The van der Waals surface area contributed by atoms with Crippen LogP contribution in [0.25, 0.3) is 0 Å². The third-order valence-electron chi connectivity index (χ3n) is 1.33. The van der Waals surface area contributed by atoms with Gasteiger partial charge in [0, 0.05) is 6.54 Å². The first-order chi connectivity index (χ1) is 4.22. The summed E-state index contributed by atoms with van der Waals surface area (Å²) >= 11 is 0. The number of carbonyl (C=O) groups excluding carboxylic acids is 2. The van der Waals surface area contributed by atoms with Crippen molar-refractivity contribution in [1.29, 1.82) is 0 Å². The second-order valence-corrected chi connectivity index (χ2v) is 1.95. The van der Waals surface area contributed by atoms with Crippen molar-refractivity contribution in [2.75, 3.05) is 6.54 Å². The first-order valence-corrected chi connectivity index (χ1v) is 2.70. The predicted molar refractivity (Wildman–Crippen MR) is 26.1 cm³/mol. The summed E-state index contributed by atoms with van der Waals surface area (Å²) in [6, 6.07) is 0. The van der Waals surface area contributed by atoms with Crippen molar-refractivity contribution in [2.45, 2.75) is 6.42 Å². The Morgan fingerprint density at radius 2 is 2.30 bits per heavy atom. The van der Waals surface area contributed by atoms with Crippen LogP contribution < -0.4 is 40.0 Å². The van der Waals surface area contributed by atoms with Crippen LogP contribution in [-0.2, 0) is 9.59 Å². The molecule has 0 saturated carbocycles. The number of carboxylic acids is 1. The van der Waals surface area contributed by atoms with Crippen LogP contribution in [0.5, 0.6) is 0 Å². The van der Waals surface area contributed by atoms with Gasteiger partial charge in [-0.3, -0.25) is 4.79 Å². The molecule has 1 saturated heterocycles. The Morgan fingerprint density at radius 1 is 1.70 bits per heavy atom. The minimum Gasteiger partial charge on any atom is -0.549 e. The van der Waals surface area contributed by atoms with Crippen molar-refractivity contribution in [1.82, 2.24) is 5.32 Å². The monoisotopic (exact) mass is 151 g/mol. The summed E-state index contributed by atoms with van der Waals surface area (Å²) in [7, 11) is 0. The molecule has 1 rings (SSSR count). The van der Waals surface area contributed by atoms with E-state index >= 15 is 0 Å². The van der Waals surface area contributed by atoms with Gasteiger partial charge in [-0.2, -0.15) is 0 Å². The van der Waals surface area contributed by atoms with E-state index < -0.39 is 17.8 Å². The molecule has 0 aromatic heterocycles. The van der Waals surface area contributed by atoms with Crippen molar-refractivity contribution >= 4 is 11.9 Å². The molecule has 1 N–H and O–H groups in total. The number of hydrogen-bond donors (Lipinski definition) is 1. The molecular weight excluding hydrogens is 145 g/mol. The summed E-state index contributed by atoms with van der Waals surface area (Å²) in [6.45, 7) is 0.456. The molecule has 5 heteroatoms. The average molecular weight is 151 g/mol. The summed E-state index contributed by atoms with van der Waals surface area (Å²) in [5, 5.41) is 12.4. The molecule has 1 atom stereocenters. The van der Waals surface area contributed by atoms with Crippen LogP contribution in [0.1, 0.15) is 6.42 Å². The summed E-state index contributed by atoms with van der Waals surface area (Å²) in [4.78, 5) is 20.5. The van der Waals surface area contributed by atoms with E-state index in [2.05, 4.69) is 5.32 Å². The maximum absolute atomic E-state index is 10.5. The fourth-order valence-electron chi connectivity index (χ4n) is 0.819. The quantitative estimate of drug-likeness (QED) is 0.301. The van der Waals surface area contributed by atoms with Crippen LogP contribution in [0, 0.1) is 5.92 Å². The van der Waals surface area contributed by atoms with E-state index in [9.17, 15) is 14.7 Å². The number of carbonyl (C=O) groups is 2. The molecule has 0 aromatic rings. The van der Waals surface area contributed by atoms with Gasteiger partial charge in [0.15, 0.2) is 0 Å². The van der Waals surface area contributed by atoms with Gasteiger partial charge in [-0.1, -0.05) is 0 Å². The Kier molecular flexibility index (Phi) is 3.93. The van der Waals surface area contributed by atoms with Crippen LogP contribution in [-0.4, -0.2) is 18.4 Å². The molecular formula is C5H6NNaO3. The SMILES string of the molecule is O=C([O-])C1CCNC1=O.[Na+]. The van der Waals surface area contributed by atoms with E-state index in [-0.39, 0.29) is 29.6 Å². The fraction of sp³-hybridized carbons (Fsp3) is 0.600. The van der Waals surface area contributed by atoms with E-state index in [1.165, 1.54) is 0 Å². The summed E-state index contributed by atoms with van der Waals surface area (Å²) in [5.41, 5.74) is 0. The van der Waals surface area contributed by atoms with Crippen molar-refractivity contribution in [3.05, 3.63) is 0 Å². The van der Waals surface area contributed by atoms with Gasteiger partial charge in [-0.25, -0.2) is 0 Å². The standard InChI is InChI=1S/C5H7NO3.Na/c7-4-3(5(8)9)1-2-6-4;/h3H,1-2H2,(H,6,7)(H,8,9);/q;+1/p-1. The van der Waals surface area contributed by atoms with Crippen LogP contribution in [0.4, 0.5) is 0 Å². The Hall–Kier alpha value is -0.0600. The van der Waals surface area contributed by atoms with Crippen LogP contribution in [0.15, 0.2) is 0 Å². The summed E-state index contributed by atoms with van der Waals surface area (Å²) in [5.74, 6) is -2.61. The normalized spacial score (nSPS) is 23.2. The maximum Gasteiger partial charge on any atom is 1.00 e. The minimum absolute atomic E-state index is 0. The van der Waals surface area contributed by atoms with Crippen molar-refractivity contribution in [3.63, 3.8) is 0 Å². The summed E-state index contributed by atoms with van der Waals surface area (Å²) < 4.78 is 0. The molecule has 50 valence electrons. The van der Waals surface area contributed by atoms with Gasteiger partial charge in [0.2, 0.25) is 5.91 Å². The second kappa shape index (κ2) is 3.95. The van der Waals surface area contributed by atoms with Gasteiger partial charge < -0.3 is 15.2 Å². The number of amides is 1. The van der Waals surface area contributed by atoms with Crippen molar-refractivity contribution in [3.8, 4) is 0 Å². The number of carboxylic acid groups (broad SMARTS) is 1. The maximum atomic E-state index is 10.5. The Morgan fingerprint density at radius 3 is 2.50 bits per heavy atom. The van der Waals surface area contributed by atoms with Gasteiger partial charge >= 0.3 is 29.6 Å². The third kappa shape index (κ3) is 1.97. The molecule has 0 spiro atoms. The molecule has 0 aromatic carbocycles.